The molecule has 9 heteroatoms. The Morgan fingerprint density at radius 3 is 2.56 bits per heavy atom. The van der Waals surface area contributed by atoms with Crippen molar-refractivity contribution in [1.82, 2.24) is 14.8 Å². The molecule has 0 aliphatic rings. The number of benzene rings is 1. The molecule has 0 fully saturated rings. The minimum atomic E-state index is -4.57. The van der Waals surface area contributed by atoms with Crippen molar-refractivity contribution in [2.45, 2.75) is 17.0 Å². The minimum Gasteiger partial charge on any atom is -0.421 e. The number of hydrogen-bond donors (Lipinski definition) is 0. The fraction of sp³-hybridized carbons (Fsp3) is 0.167. The van der Waals surface area contributed by atoms with E-state index in [1.54, 1.807) is 6.07 Å². The van der Waals surface area contributed by atoms with Crippen molar-refractivity contribution < 1.29 is 17.9 Å². The van der Waals surface area contributed by atoms with Gasteiger partial charge in [0.15, 0.2) is 5.69 Å². The fourth-order valence-electron chi connectivity index (χ4n) is 2.19. The fourth-order valence-corrected chi connectivity index (χ4v) is 3.07. The van der Waals surface area contributed by atoms with Crippen molar-refractivity contribution in [3.8, 4) is 17.8 Å². The first-order valence-electron chi connectivity index (χ1n) is 7.73. The normalized spacial score (nSPS) is 11.2. The van der Waals surface area contributed by atoms with Crippen molar-refractivity contribution >= 4 is 11.8 Å². The average Bonchev–Trinajstić information content (AvgIpc) is 3.01. The lowest BCUT2D eigenvalue weighted by molar-refractivity contribution is -0.141. The summed E-state index contributed by atoms with van der Waals surface area (Å²) in [5, 5.41) is 13.1. The maximum atomic E-state index is 12.8. The number of pyridine rings is 1. The Balaban J connectivity index is 1.81. The van der Waals surface area contributed by atoms with Gasteiger partial charge in [-0.2, -0.15) is 23.5 Å². The van der Waals surface area contributed by atoms with Crippen LogP contribution in [0, 0.1) is 11.3 Å². The first-order valence-corrected chi connectivity index (χ1v) is 8.72. The highest BCUT2D eigenvalue weighted by atomic mass is 32.2. The molecular weight excluding hydrogens is 377 g/mol. The Labute approximate surface area is 157 Å². The van der Waals surface area contributed by atoms with Gasteiger partial charge in [0.25, 0.3) is 0 Å². The molecule has 138 valence electrons. The molecule has 0 aliphatic carbocycles. The molecule has 0 atom stereocenters. The number of rotatable bonds is 5. The third kappa shape index (κ3) is 4.80. The molecule has 5 nitrogen and oxygen atoms in total. The molecular formula is C18H13F3N4OS. The summed E-state index contributed by atoms with van der Waals surface area (Å²) in [5.41, 5.74) is 0.319. The van der Waals surface area contributed by atoms with Crippen molar-refractivity contribution in [3.63, 3.8) is 0 Å². The zero-order valence-corrected chi connectivity index (χ0v) is 14.9. The molecule has 3 aromatic rings. The third-order valence-corrected chi connectivity index (χ3v) is 4.46. The maximum Gasteiger partial charge on any atom is 0.435 e. The van der Waals surface area contributed by atoms with Crippen LogP contribution in [0.1, 0.15) is 16.8 Å². The van der Waals surface area contributed by atoms with Gasteiger partial charge in [0.1, 0.15) is 5.03 Å². The Bertz CT molecular complexity index is 981. The van der Waals surface area contributed by atoms with E-state index in [1.165, 1.54) is 24.9 Å². The van der Waals surface area contributed by atoms with Crippen LogP contribution in [-0.2, 0) is 19.0 Å². The van der Waals surface area contributed by atoms with Gasteiger partial charge >= 0.3 is 6.18 Å². The summed E-state index contributed by atoms with van der Waals surface area (Å²) in [7, 11) is 1.34. The molecule has 0 unspecified atom stereocenters. The van der Waals surface area contributed by atoms with Gasteiger partial charge in [0.05, 0.1) is 11.6 Å². The van der Waals surface area contributed by atoms with Crippen LogP contribution in [0.2, 0.25) is 0 Å². The molecule has 0 amide bonds. The molecule has 0 N–H and O–H groups in total. The van der Waals surface area contributed by atoms with Crippen LogP contribution in [-0.4, -0.2) is 14.8 Å². The molecule has 0 radical (unpaired) electrons. The Morgan fingerprint density at radius 2 is 1.93 bits per heavy atom. The molecule has 3 rings (SSSR count). The van der Waals surface area contributed by atoms with E-state index in [2.05, 4.69) is 10.1 Å². The zero-order chi connectivity index (χ0) is 19.4. The second-order valence-electron chi connectivity index (χ2n) is 5.51. The summed E-state index contributed by atoms with van der Waals surface area (Å²) in [6.07, 6.45) is -4.57. The molecule has 0 spiro atoms. The second-order valence-corrected chi connectivity index (χ2v) is 6.51. The lowest BCUT2D eigenvalue weighted by atomic mass is 10.2. The van der Waals surface area contributed by atoms with Gasteiger partial charge in [-0.05, 0) is 11.6 Å². The first kappa shape index (κ1) is 18.8. The summed E-state index contributed by atoms with van der Waals surface area (Å²) < 4.78 is 44.7. The van der Waals surface area contributed by atoms with E-state index in [0.717, 1.165) is 16.3 Å². The number of halogens is 3. The molecule has 2 aromatic heterocycles. The molecule has 2 heterocycles. The van der Waals surface area contributed by atoms with Gasteiger partial charge in [-0.25, -0.2) is 9.67 Å². The third-order valence-electron chi connectivity index (χ3n) is 3.47. The number of aryl methyl sites for hydroxylation is 1. The monoisotopic (exact) mass is 390 g/mol. The maximum absolute atomic E-state index is 12.8. The van der Waals surface area contributed by atoms with Crippen molar-refractivity contribution in [3.05, 3.63) is 65.4 Å². The van der Waals surface area contributed by atoms with Crippen LogP contribution in [0.5, 0.6) is 11.8 Å². The van der Waals surface area contributed by atoms with E-state index in [4.69, 9.17) is 4.74 Å². The van der Waals surface area contributed by atoms with Crippen molar-refractivity contribution in [1.29, 1.82) is 5.26 Å². The van der Waals surface area contributed by atoms with Crippen LogP contribution >= 0.6 is 11.8 Å². The SMILES string of the molecule is Cn1nc(C(F)(F)F)cc1Oc1cc(C#N)cc(SCc2ccccc2)n1. The quantitative estimate of drug-likeness (QED) is 0.586. The number of thioether (sulfide) groups is 1. The van der Waals surface area contributed by atoms with Gasteiger partial charge in [-0.3, -0.25) is 0 Å². The van der Waals surface area contributed by atoms with Gasteiger partial charge in [0.2, 0.25) is 11.8 Å². The standard InChI is InChI=1S/C18H13F3N4OS/c1-25-17(9-14(24-25)18(19,20)21)26-15-7-13(10-22)8-16(23-15)27-11-12-5-3-2-4-6-12/h2-9H,11H2,1H3. The highest BCUT2D eigenvalue weighted by Crippen LogP contribution is 2.32. The molecule has 0 aliphatic heterocycles. The lowest BCUT2D eigenvalue weighted by Crippen LogP contribution is -2.06. The topological polar surface area (TPSA) is 63.7 Å². The van der Waals surface area contributed by atoms with Crippen LogP contribution in [0.3, 0.4) is 0 Å². The Hall–Kier alpha value is -2.99. The number of aromatic nitrogens is 3. The van der Waals surface area contributed by atoms with E-state index in [-0.39, 0.29) is 11.8 Å². The van der Waals surface area contributed by atoms with Crippen LogP contribution in [0.15, 0.2) is 53.6 Å². The highest BCUT2D eigenvalue weighted by molar-refractivity contribution is 7.98. The lowest BCUT2D eigenvalue weighted by Gasteiger charge is -2.07. The van der Waals surface area contributed by atoms with Crippen LogP contribution < -0.4 is 4.74 Å². The van der Waals surface area contributed by atoms with Gasteiger partial charge in [0, 0.05) is 24.9 Å². The van der Waals surface area contributed by atoms with E-state index in [9.17, 15) is 18.4 Å². The van der Waals surface area contributed by atoms with E-state index < -0.39 is 11.9 Å². The zero-order valence-electron chi connectivity index (χ0n) is 14.1. The summed E-state index contributed by atoms with van der Waals surface area (Å²) in [6.45, 7) is 0. The smallest absolute Gasteiger partial charge is 0.421 e. The van der Waals surface area contributed by atoms with E-state index >= 15 is 0 Å². The van der Waals surface area contributed by atoms with Crippen molar-refractivity contribution in [2.24, 2.45) is 7.05 Å². The number of hydrogen-bond acceptors (Lipinski definition) is 5. The van der Waals surface area contributed by atoms with Gasteiger partial charge in [-0.15, -0.1) is 11.8 Å². The summed E-state index contributed by atoms with van der Waals surface area (Å²) in [5.74, 6) is 0.539. The summed E-state index contributed by atoms with van der Waals surface area (Å²) >= 11 is 1.40. The second kappa shape index (κ2) is 7.72. The molecule has 0 saturated heterocycles. The minimum absolute atomic E-state index is 0.0290. The summed E-state index contributed by atoms with van der Waals surface area (Å²) in [6, 6.07) is 15.4. The number of ether oxygens (including phenoxy) is 1. The van der Waals surface area contributed by atoms with Gasteiger partial charge in [-0.1, -0.05) is 30.3 Å². The molecule has 27 heavy (non-hydrogen) atoms. The number of alkyl halides is 3. The molecule has 0 saturated carbocycles. The van der Waals surface area contributed by atoms with Crippen LogP contribution in [0.25, 0.3) is 0 Å². The first-order chi connectivity index (χ1) is 12.8. The predicted octanol–water partition coefficient (Wildman–Crippen LogP) is 4.79. The Morgan fingerprint density at radius 1 is 1.19 bits per heavy atom. The number of nitriles is 1. The average molecular weight is 390 g/mol. The largest absolute Gasteiger partial charge is 0.435 e. The number of nitrogens with zero attached hydrogens (tertiary/aromatic N) is 4. The van der Waals surface area contributed by atoms with E-state index in [1.807, 2.05) is 36.4 Å². The predicted molar refractivity (Wildman–Crippen MR) is 93.2 cm³/mol. The molecule has 1 aromatic carbocycles. The highest BCUT2D eigenvalue weighted by Gasteiger charge is 2.35. The summed E-state index contributed by atoms with van der Waals surface area (Å²) in [4.78, 5) is 4.27. The molecule has 0 bridgehead atoms. The Kier molecular flexibility index (Phi) is 5.37. The van der Waals surface area contributed by atoms with Crippen molar-refractivity contribution in [2.75, 3.05) is 0 Å². The van der Waals surface area contributed by atoms with Gasteiger partial charge < -0.3 is 4.74 Å². The van der Waals surface area contributed by atoms with Crippen LogP contribution in [0.4, 0.5) is 13.2 Å². The van der Waals surface area contributed by atoms with E-state index in [0.29, 0.717) is 16.3 Å².